The van der Waals surface area contributed by atoms with Crippen LogP contribution in [0.15, 0.2) is 10.8 Å². The normalized spacial score (nSPS) is 10.1. The number of rotatable bonds is 3. The summed E-state index contributed by atoms with van der Waals surface area (Å²) in [4.78, 5) is 0. The lowest BCUT2D eigenvalue weighted by atomic mass is 10.1. The highest BCUT2D eigenvalue weighted by Gasteiger charge is 2.00. The third-order valence-electron chi connectivity index (χ3n) is 1.47. The quantitative estimate of drug-likeness (QED) is 0.693. The predicted octanol–water partition coefficient (Wildman–Crippen LogP) is 1.60. The van der Waals surface area contributed by atoms with E-state index in [4.69, 9.17) is 5.73 Å². The van der Waals surface area contributed by atoms with Gasteiger partial charge in [-0.1, -0.05) is 18.5 Å². The fraction of sp³-hybridized carbons (Fsp3) is 0.571. The Labute approximate surface area is 60.2 Å². The second-order valence-corrected chi connectivity index (χ2v) is 2.33. The van der Waals surface area contributed by atoms with Crippen LogP contribution in [0.25, 0.3) is 0 Å². The Morgan fingerprint density at radius 1 is 1.70 bits per heavy atom. The van der Waals surface area contributed by atoms with Gasteiger partial charge in [-0.25, -0.2) is 0 Å². The Balaban J connectivity index is 2.49. The lowest BCUT2D eigenvalue weighted by Gasteiger charge is -1.92. The summed E-state index contributed by atoms with van der Waals surface area (Å²) in [7, 11) is 0. The average molecular weight is 140 g/mol. The first kappa shape index (κ1) is 7.12. The maximum atomic E-state index is 5.48. The van der Waals surface area contributed by atoms with E-state index in [9.17, 15) is 0 Å². The lowest BCUT2D eigenvalue weighted by molar-refractivity contribution is 0.422. The maximum Gasteiger partial charge on any atom is 0.169 e. The van der Waals surface area contributed by atoms with Crippen LogP contribution in [-0.2, 0) is 6.42 Å². The molecule has 0 amide bonds. The molecule has 0 spiro atoms. The molecule has 0 aliphatic heterocycles. The number of anilines is 1. The smallest absolute Gasteiger partial charge is 0.169 e. The zero-order valence-corrected chi connectivity index (χ0v) is 6.13. The Hall–Kier alpha value is -0.990. The van der Waals surface area contributed by atoms with Crippen molar-refractivity contribution >= 4 is 5.82 Å². The van der Waals surface area contributed by atoms with E-state index < -0.39 is 0 Å². The summed E-state index contributed by atoms with van der Waals surface area (Å²) in [6.07, 6.45) is 4.91. The van der Waals surface area contributed by atoms with Gasteiger partial charge in [0.1, 0.15) is 6.26 Å². The molecule has 3 heteroatoms. The van der Waals surface area contributed by atoms with Gasteiger partial charge in [0.2, 0.25) is 0 Å². The van der Waals surface area contributed by atoms with Crippen LogP contribution in [-0.4, -0.2) is 5.16 Å². The van der Waals surface area contributed by atoms with E-state index in [0.29, 0.717) is 5.82 Å². The number of aromatic nitrogens is 1. The molecule has 0 fully saturated rings. The van der Waals surface area contributed by atoms with Crippen molar-refractivity contribution in [1.29, 1.82) is 0 Å². The van der Waals surface area contributed by atoms with Crippen LogP contribution in [0.3, 0.4) is 0 Å². The van der Waals surface area contributed by atoms with Crippen molar-refractivity contribution in [1.82, 2.24) is 5.16 Å². The molecule has 0 aliphatic carbocycles. The predicted molar refractivity (Wildman–Crippen MR) is 39.5 cm³/mol. The largest absolute Gasteiger partial charge is 0.381 e. The summed E-state index contributed by atoms with van der Waals surface area (Å²) in [6.45, 7) is 2.14. The number of nitrogens with two attached hydrogens (primary N) is 1. The van der Waals surface area contributed by atoms with Crippen molar-refractivity contribution < 1.29 is 4.52 Å². The zero-order chi connectivity index (χ0) is 7.40. The third-order valence-corrected chi connectivity index (χ3v) is 1.47. The highest BCUT2D eigenvalue weighted by atomic mass is 16.5. The first-order chi connectivity index (χ1) is 4.84. The fourth-order valence-electron chi connectivity index (χ4n) is 0.820. The molecule has 1 heterocycles. The molecular formula is C7H12N2O. The molecule has 2 N–H and O–H groups in total. The minimum atomic E-state index is 0.536. The van der Waals surface area contributed by atoms with E-state index in [0.717, 1.165) is 18.4 Å². The summed E-state index contributed by atoms with van der Waals surface area (Å²) < 4.78 is 4.67. The zero-order valence-electron chi connectivity index (χ0n) is 6.13. The first-order valence-corrected chi connectivity index (χ1v) is 3.53. The van der Waals surface area contributed by atoms with Gasteiger partial charge in [-0.15, -0.1) is 0 Å². The number of hydrogen-bond acceptors (Lipinski definition) is 3. The molecule has 0 saturated carbocycles. The van der Waals surface area contributed by atoms with E-state index in [1.807, 2.05) is 0 Å². The van der Waals surface area contributed by atoms with Crippen molar-refractivity contribution in [3.63, 3.8) is 0 Å². The highest BCUT2D eigenvalue weighted by molar-refractivity contribution is 5.35. The van der Waals surface area contributed by atoms with Gasteiger partial charge in [0.05, 0.1) is 0 Å². The van der Waals surface area contributed by atoms with Gasteiger partial charge in [-0.05, 0) is 12.8 Å². The minimum Gasteiger partial charge on any atom is -0.381 e. The van der Waals surface area contributed by atoms with Crippen LogP contribution in [0.5, 0.6) is 0 Å². The molecule has 56 valence electrons. The second-order valence-electron chi connectivity index (χ2n) is 2.33. The molecule has 1 aromatic rings. The summed E-state index contributed by atoms with van der Waals surface area (Å²) in [5, 5.41) is 3.57. The molecule has 0 aromatic carbocycles. The van der Waals surface area contributed by atoms with Crippen molar-refractivity contribution in [3.05, 3.63) is 11.8 Å². The topological polar surface area (TPSA) is 52.0 Å². The Kier molecular flexibility index (Phi) is 2.31. The standard InChI is InChI=1S/C7H12N2O/c1-2-3-4-6-5-10-9-7(6)8/h5H,2-4H2,1H3,(H2,8,9). The minimum absolute atomic E-state index is 0.536. The lowest BCUT2D eigenvalue weighted by Crippen LogP contribution is -1.90. The highest BCUT2D eigenvalue weighted by Crippen LogP contribution is 2.11. The van der Waals surface area contributed by atoms with Crippen molar-refractivity contribution in [2.45, 2.75) is 26.2 Å². The van der Waals surface area contributed by atoms with Crippen molar-refractivity contribution in [2.24, 2.45) is 0 Å². The summed E-state index contributed by atoms with van der Waals surface area (Å²) in [5.74, 6) is 0.536. The van der Waals surface area contributed by atoms with Crippen LogP contribution >= 0.6 is 0 Å². The molecule has 1 rings (SSSR count). The number of hydrogen-bond donors (Lipinski definition) is 1. The van der Waals surface area contributed by atoms with E-state index >= 15 is 0 Å². The van der Waals surface area contributed by atoms with Gasteiger partial charge in [-0.2, -0.15) is 0 Å². The van der Waals surface area contributed by atoms with E-state index in [-0.39, 0.29) is 0 Å². The third kappa shape index (κ3) is 1.50. The van der Waals surface area contributed by atoms with Crippen LogP contribution in [0.4, 0.5) is 5.82 Å². The van der Waals surface area contributed by atoms with Crippen molar-refractivity contribution in [3.8, 4) is 0 Å². The Morgan fingerprint density at radius 2 is 2.50 bits per heavy atom. The SMILES string of the molecule is CCCCc1conc1N. The molecule has 3 nitrogen and oxygen atoms in total. The molecule has 0 aliphatic rings. The van der Waals surface area contributed by atoms with Gasteiger partial charge in [0, 0.05) is 5.56 Å². The monoisotopic (exact) mass is 140 g/mol. The number of unbranched alkanes of at least 4 members (excludes halogenated alkanes) is 1. The summed E-state index contributed by atoms with van der Waals surface area (Å²) in [6, 6.07) is 0. The molecule has 1 aromatic heterocycles. The number of nitrogens with zero attached hydrogens (tertiary/aromatic N) is 1. The molecule has 0 radical (unpaired) electrons. The fourth-order valence-corrected chi connectivity index (χ4v) is 0.820. The Bertz CT molecular complexity index is 195. The molecule has 0 unspecified atom stereocenters. The maximum absolute atomic E-state index is 5.48. The molecule has 10 heavy (non-hydrogen) atoms. The van der Waals surface area contributed by atoms with Gasteiger partial charge >= 0.3 is 0 Å². The summed E-state index contributed by atoms with van der Waals surface area (Å²) >= 11 is 0. The van der Waals surface area contributed by atoms with Crippen LogP contribution < -0.4 is 5.73 Å². The summed E-state index contributed by atoms with van der Waals surface area (Å²) in [5.41, 5.74) is 6.51. The molecule has 0 saturated heterocycles. The van der Waals surface area contributed by atoms with Crippen LogP contribution in [0.1, 0.15) is 25.3 Å². The Morgan fingerprint density at radius 3 is 3.00 bits per heavy atom. The van der Waals surface area contributed by atoms with E-state index in [1.165, 1.54) is 6.42 Å². The molecule has 0 atom stereocenters. The van der Waals surface area contributed by atoms with E-state index in [2.05, 4.69) is 16.6 Å². The van der Waals surface area contributed by atoms with Gasteiger partial charge in [0.25, 0.3) is 0 Å². The van der Waals surface area contributed by atoms with Crippen molar-refractivity contribution in [2.75, 3.05) is 5.73 Å². The number of nitrogen functional groups attached to an aromatic ring is 1. The average Bonchev–Trinajstić information content (AvgIpc) is 2.31. The van der Waals surface area contributed by atoms with Crippen LogP contribution in [0, 0.1) is 0 Å². The molecule has 0 bridgehead atoms. The second kappa shape index (κ2) is 3.25. The van der Waals surface area contributed by atoms with E-state index in [1.54, 1.807) is 6.26 Å². The number of aryl methyl sites for hydroxylation is 1. The van der Waals surface area contributed by atoms with Gasteiger partial charge in [-0.3, -0.25) is 0 Å². The van der Waals surface area contributed by atoms with Gasteiger partial charge < -0.3 is 10.3 Å². The van der Waals surface area contributed by atoms with Gasteiger partial charge in [0.15, 0.2) is 5.82 Å². The molecular weight excluding hydrogens is 128 g/mol. The first-order valence-electron chi connectivity index (χ1n) is 3.53. The van der Waals surface area contributed by atoms with Crippen LogP contribution in [0.2, 0.25) is 0 Å².